The number of thioether (sulfide) groups is 1. The summed E-state index contributed by atoms with van der Waals surface area (Å²) in [7, 11) is 2.89. The lowest BCUT2D eigenvalue weighted by atomic mass is 9.67. The number of carbonyl (C=O) groups is 1. The number of aromatic hydroxyl groups is 1. The Morgan fingerprint density at radius 3 is 2.29 bits per heavy atom. The van der Waals surface area contributed by atoms with Crippen molar-refractivity contribution in [1.29, 1.82) is 0 Å². The van der Waals surface area contributed by atoms with Crippen molar-refractivity contribution < 1.29 is 58.0 Å². The van der Waals surface area contributed by atoms with E-state index in [1.807, 2.05) is 12.1 Å². The number of aliphatic hydroxyl groups is 2. The van der Waals surface area contributed by atoms with E-state index in [0.29, 0.717) is 17.1 Å². The number of benzene rings is 2. The fraction of sp³-hybridized carbons (Fsp3) is 0.552. The molecule has 2 aromatic rings. The Bertz CT molecular complexity index is 1360. The van der Waals surface area contributed by atoms with Crippen molar-refractivity contribution in [2.24, 2.45) is 11.8 Å². The maximum absolute atomic E-state index is 13.4. The first kappa shape index (κ1) is 27.9. The third kappa shape index (κ3) is 4.37. The number of carbonyl (C=O) groups excluding carboxylic acids is 1. The van der Waals surface area contributed by atoms with E-state index >= 15 is 0 Å². The molecule has 13 heteroatoms. The summed E-state index contributed by atoms with van der Waals surface area (Å²) >= 11 is 1.33. The minimum atomic E-state index is -1.25. The molecule has 42 heavy (non-hydrogen) atoms. The number of methoxy groups -OCH3 is 2. The fourth-order valence-electron chi connectivity index (χ4n) is 6.74. The number of phenols is 1. The molecule has 4 aliphatic heterocycles. The number of aliphatic hydroxyl groups excluding tert-OH is 2. The number of hydrogen-bond acceptors (Lipinski definition) is 13. The maximum atomic E-state index is 13.4. The van der Waals surface area contributed by atoms with Crippen LogP contribution < -0.4 is 18.9 Å². The highest BCUT2D eigenvalue weighted by Gasteiger charge is 2.55. The summed E-state index contributed by atoms with van der Waals surface area (Å²) in [6, 6.07) is 7.17. The molecule has 12 nitrogen and oxygen atoms in total. The normalized spacial score (nSPS) is 36.5. The Kier molecular flexibility index (Phi) is 7.07. The largest absolute Gasteiger partial charge is 0.502 e. The lowest BCUT2D eigenvalue weighted by Crippen LogP contribution is -2.61. The SMILES string of the molecule is COc1cc([C@H]2c3cc4c(cc3[C@@H](S[C@@H]3O[C@@H]5COC(C)O[C@H]5[C@H](O)[C@H]3O)[C@H]3COC(=O)[C@H]23)OCO4)cc(OC)c1O. The number of fused-ring (bicyclic) bond motifs is 4. The number of rotatable bonds is 5. The molecule has 10 atom stereocenters. The summed E-state index contributed by atoms with van der Waals surface area (Å²) < 4.78 is 45.5. The summed E-state index contributed by atoms with van der Waals surface area (Å²) in [5.41, 5.74) is 1.51. The van der Waals surface area contributed by atoms with Crippen molar-refractivity contribution in [3.05, 3.63) is 41.0 Å². The van der Waals surface area contributed by atoms with Gasteiger partial charge in [-0.1, -0.05) is 0 Å². The van der Waals surface area contributed by atoms with Gasteiger partial charge in [0.2, 0.25) is 12.5 Å². The molecule has 5 aliphatic rings. The quantitative estimate of drug-likeness (QED) is 0.428. The third-order valence-corrected chi connectivity index (χ3v) is 10.3. The standard InChI is InChI=1S/C29H32O12S/c1-11-36-9-20-26(40-11)24(31)25(32)29(41-20)42-27-14-7-17-16(38-10-39-17)6-13(14)21(22-15(27)8-37-28(22)33)12-4-18(34-2)23(30)19(5-12)35-3/h4-7,11,15,20-22,24-27,29-32H,8-10H2,1-3H3/t11?,15-,20+,21-,22-,24+,25+,26+,27+,29-/m0/s1. The van der Waals surface area contributed by atoms with Gasteiger partial charge >= 0.3 is 5.97 Å². The predicted octanol–water partition coefficient (Wildman–Crippen LogP) is 2.06. The molecule has 0 saturated carbocycles. The van der Waals surface area contributed by atoms with Crippen LogP contribution in [0.5, 0.6) is 28.7 Å². The van der Waals surface area contributed by atoms with Gasteiger partial charge in [0.15, 0.2) is 29.3 Å². The Hall–Kier alpha value is -2.94. The van der Waals surface area contributed by atoms with Crippen molar-refractivity contribution in [3.8, 4) is 28.7 Å². The Morgan fingerprint density at radius 2 is 1.60 bits per heavy atom. The van der Waals surface area contributed by atoms with Gasteiger partial charge in [0.1, 0.15) is 29.9 Å². The van der Waals surface area contributed by atoms with Crippen molar-refractivity contribution in [2.75, 3.05) is 34.2 Å². The van der Waals surface area contributed by atoms with Gasteiger partial charge in [-0.2, -0.15) is 0 Å². The zero-order valence-electron chi connectivity index (χ0n) is 23.1. The first-order chi connectivity index (χ1) is 20.3. The van der Waals surface area contributed by atoms with E-state index in [1.165, 1.54) is 26.0 Å². The van der Waals surface area contributed by atoms with Crippen LogP contribution in [0.25, 0.3) is 0 Å². The van der Waals surface area contributed by atoms with Crippen LogP contribution in [0.1, 0.15) is 34.8 Å². The number of phenolic OH excluding ortho intramolecular Hbond substituents is 1. The van der Waals surface area contributed by atoms with Crippen LogP contribution in [0.2, 0.25) is 0 Å². The molecule has 0 aromatic heterocycles. The van der Waals surface area contributed by atoms with Crippen LogP contribution in [-0.2, 0) is 23.7 Å². The summed E-state index contributed by atoms with van der Waals surface area (Å²) in [6.07, 6.45) is -4.25. The van der Waals surface area contributed by atoms with Crippen molar-refractivity contribution >= 4 is 17.7 Å². The molecule has 2 aromatic carbocycles. The maximum Gasteiger partial charge on any atom is 0.310 e. The number of esters is 1. The fourth-order valence-corrected chi connectivity index (χ4v) is 8.35. The predicted molar refractivity (Wildman–Crippen MR) is 145 cm³/mol. The van der Waals surface area contributed by atoms with Gasteiger partial charge in [0.05, 0.1) is 33.4 Å². The third-order valence-electron chi connectivity index (χ3n) is 8.75. The van der Waals surface area contributed by atoms with E-state index < -0.39 is 48.0 Å². The monoisotopic (exact) mass is 604 g/mol. The minimum absolute atomic E-state index is 0.0641. The van der Waals surface area contributed by atoms with Gasteiger partial charge in [-0.15, -0.1) is 11.8 Å². The Balaban J connectivity index is 1.32. The van der Waals surface area contributed by atoms with Gasteiger partial charge in [-0.25, -0.2) is 0 Å². The molecular weight excluding hydrogens is 572 g/mol. The second-order valence-corrected chi connectivity index (χ2v) is 12.2. The van der Waals surface area contributed by atoms with Gasteiger partial charge in [0.25, 0.3) is 0 Å². The number of hydrogen-bond donors (Lipinski definition) is 3. The first-order valence-electron chi connectivity index (χ1n) is 13.8. The van der Waals surface area contributed by atoms with Crippen molar-refractivity contribution in [3.63, 3.8) is 0 Å². The Labute approximate surface area is 245 Å². The van der Waals surface area contributed by atoms with E-state index in [4.69, 9.17) is 37.9 Å². The summed E-state index contributed by atoms with van der Waals surface area (Å²) in [5.74, 6) is -0.417. The highest BCUT2D eigenvalue weighted by atomic mass is 32.2. The van der Waals surface area contributed by atoms with Crippen LogP contribution in [0.3, 0.4) is 0 Å². The molecule has 226 valence electrons. The minimum Gasteiger partial charge on any atom is -0.502 e. The number of ether oxygens (including phenoxy) is 8. The highest BCUT2D eigenvalue weighted by Crippen LogP contribution is 2.60. The van der Waals surface area contributed by atoms with Crippen LogP contribution in [-0.4, -0.2) is 91.7 Å². The van der Waals surface area contributed by atoms with E-state index in [0.717, 1.165) is 11.1 Å². The molecule has 0 radical (unpaired) electrons. The van der Waals surface area contributed by atoms with Gasteiger partial charge < -0.3 is 53.2 Å². The summed E-state index contributed by atoms with van der Waals surface area (Å²) in [6.45, 7) is 2.16. The van der Waals surface area contributed by atoms with Crippen molar-refractivity contribution in [2.45, 2.75) is 54.2 Å². The van der Waals surface area contributed by atoms with Crippen LogP contribution in [0.15, 0.2) is 24.3 Å². The molecule has 3 fully saturated rings. The number of cyclic esters (lactones) is 1. The van der Waals surface area contributed by atoms with Gasteiger partial charge in [-0.05, 0) is 47.9 Å². The average Bonchev–Trinajstić information content (AvgIpc) is 3.61. The first-order valence-corrected chi connectivity index (χ1v) is 14.7. The molecule has 4 heterocycles. The molecule has 0 spiro atoms. The van der Waals surface area contributed by atoms with Crippen LogP contribution in [0.4, 0.5) is 0 Å². The second kappa shape index (κ2) is 10.6. The zero-order chi connectivity index (χ0) is 29.3. The molecular formula is C29H32O12S. The summed E-state index contributed by atoms with van der Waals surface area (Å²) in [4.78, 5) is 13.4. The second-order valence-electron chi connectivity index (χ2n) is 11.0. The molecule has 3 N–H and O–H groups in total. The van der Waals surface area contributed by atoms with E-state index in [2.05, 4.69) is 0 Å². The molecule has 0 amide bonds. The smallest absolute Gasteiger partial charge is 0.310 e. The van der Waals surface area contributed by atoms with Crippen LogP contribution in [0, 0.1) is 11.8 Å². The van der Waals surface area contributed by atoms with Crippen molar-refractivity contribution in [1.82, 2.24) is 0 Å². The topological polar surface area (TPSA) is 152 Å². The Morgan fingerprint density at radius 1 is 0.905 bits per heavy atom. The average molecular weight is 605 g/mol. The van der Waals surface area contributed by atoms with E-state index in [9.17, 15) is 20.1 Å². The lowest BCUT2D eigenvalue weighted by Gasteiger charge is -2.47. The molecule has 7 rings (SSSR count). The van der Waals surface area contributed by atoms with Gasteiger partial charge in [0, 0.05) is 17.1 Å². The molecule has 1 unspecified atom stereocenters. The van der Waals surface area contributed by atoms with Gasteiger partial charge in [-0.3, -0.25) is 4.79 Å². The highest BCUT2D eigenvalue weighted by molar-refractivity contribution is 8.00. The van der Waals surface area contributed by atoms with Crippen LogP contribution >= 0.6 is 11.8 Å². The molecule has 1 aliphatic carbocycles. The molecule has 3 saturated heterocycles. The lowest BCUT2D eigenvalue weighted by molar-refractivity contribution is -0.310. The molecule has 0 bridgehead atoms. The zero-order valence-corrected chi connectivity index (χ0v) is 23.9. The van der Waals surface area contributed by atoms with E-state index in [-0.39, 0.29) is 54.4 Å². The van der Waals surface area contributed by atoms with E-state index in [1.54, 1.807) is 19.1 Å². The summed E-state index contributed by atoms with van der Waals surface area (Å²) in [5, 5.41) is 32.3.